The van der Waals surface area contributed by atoms with Crippen LogP contribution in [0.4, 0.5) is 4.39 Å². The maximum absolute atomic E-state index is 13.3. The quantitative estimate of drug-likeness (QED) is 0.931. The van der Waals surface area contributed by atoms with Crippen molar-refractivity contribution in [3.8, 4) is 0 Å². The Balaban J connectivity index is 1.83. The average Bonchev–Trinajstić information content (AvgIpc) is 3.08. The van der Waals surface area contributed by atoms with Gasteiger partial charge in [-0.3, -0.25) is 0 Å². The molecule has 2 fully saturated rings. The molecule has 18 heavy (non-hydrogen) atoms. The second-order valence-electron chi connectivity index (χ2n) is 5.52. The lowest BCUT2D eigenvalue weighted by Gasteiger charge is -2.30. The number of ether oxygens (including phenoxy) is 1. The number of hydrogen-bond donors (Lipinski definition) is 1. The van der Waals surface area contributed by atoms with Gasteiger partial charge in [0.2, 0.25) is 0 Å². The summed E-state index contributed by atoms with van der Waals surface area (Å²) in [6, 6.07) is 4.78. The zero-order chi connectivity index (χ0) is 12.8. The molecular weight excluding hydrogens is 297 g/mol. The van der Waals surface area contributed by atoms with Crippen molar-refractivity contribution in [2.45, 2.75) is 37.3 Å². The van der Waals surface area contributed by atoms with Crippen molar-refractivity contribution in [2.75, 3.05) is 6.61 Å². The van der Waals surface area contributed by atoms with Crippen LogP contribution >= 0.6 is 15.9 Å². The van der Waals surface area contributed by atoms with Gasteiger partial charge in [0.25, 0.3) is 0 Å². The molecular formula is C14H17BrFNO. The highest BCUT2D eigenvalue weighted by Gasteiger charge is 2.48. The van der Waals surface area contributed by atoms with Gasteiger partial charge < -0.3 is 10.5 Å². The molecule has 98 valence electrons. The van der Waals surface area contributed by atoms with Gasteiger partial charge in [-0.15, -0.1) is 0 Å². The van der Waals surface area contributed by atoms with E-state index < -0.39 is 0 Å². The van der Waals surface area contributed by atoms with E-state index in [4.69, 9.17) is 10.5 Å². The number of nitrogens with two attached hydrogens (primary N) is 1. The lowest BCUT2D eigenvalue weighted by molar-refractivity contribution is 0.0626. The summed E-state index contributed by atoms with van der Waals surface area (Å²) in [5.41, 5.74) is 7.13. The molecule has 2 unspecified atom stereocenters. The van der Waals surface area contributed by atoms with Crippen molar-refractivity contribution in [1.82, 2.24) is 0 Å². The molecule has 2 nitrogen and oxygen atoms in total. The lowest BCUT2D eigenvalue weighted by Crippen LogP contribution is -2.50. The molecule has 4 heteroatoms. The Labute approximate surface area is 115 Å². The monoisotopic (exact) mass is 313 g/mol. The van der Waals surface area contributed by atoms with Crippen LogP contribution in [-0.2, 0) is 11.2 Å². The van der Waals surface area contributed by atoms with Crippen LogP contribution in [-0.4, -0.2) is 18.2 Å². The molecule has 1 saturated carbocycles. The van der Waals surface area contributed by atoms with Gasteiger partial charge in [-0.25, -0.2) is 4.39 Å². The zero-order valence-electron chi connectivity index (χ0n) is 10.2. The minimum absolute atomic E-state index is 0.146. The van der Waals surface area contributed by atoms with E-state index >= 15 is 0 Å². The van der Waals surface area contributed by atoms with Crippen LogP contribution in [0.2, 0.25) is 0 Å². The molecule has 1 aliphatic carbocycles. The van der Waals surface area contributed by atoms with E-state index in [1.807, 2.05) is 0 Å². The van der Waals surface area contributed by atoms with E-state index in [1.54, 1.807) is 12.1 Å². The zero-order valence-corrected chi connectivity index (χ0v) is 11.7. The first-order chi connectivity index (χ1) is 8.58. The minimum atomic E-state index is -0.336. The average molecular weight is 314 g/mol. The molecule has 3 rings (SSSR count). The summed E-state index contributed by atoms with van der Waals surface area (Å²) in [6.45, 7) is 0.727. The summed E-state index contributed by atoms with van der Waals surface area (Å²) in [7, 11) is 0. The molecule has 2 aliphatic rings. The highest BCUT2D eigenvalue weighted by molar-refractivity contribution is 9.10. The van der Waals surface area contributed by atoms with Crippen molar-refractivity contribution >= 4 is 15.9 Å². The Morgan fingerprint density at radius 1 is 1.44 bits per heavy atom. The summed E-state index contributed by atoms with van der Waals surface area (Å²) in [5.74, 6) is 0.406. The molecule has 0 spiro atoms. The van der Waals surface area contributed by atoms with Crippen molar-refractivity contribution in [2.24, 2.45) is 11.7 Å². The molecule has 1 aromatic carbocycles. The first kappa shape index (κ1) is 12.6. The minimum Gasteiger partial charge on any atom is -0.376 e. The Morgan fingerprint density at radius 3 is 2.94 bits per heavy atom. The fraction of sp³-hybridized carbons (Fsp3) is 0.571. The third kappa shape index (κ3) is 2.33. The summed E-state index contributed by atoms with van der Waals surface area (Å²) < 4.78 is 20.0. The second kappa shape index (κ2) is 4.58. The molecule has 2 atom stereocenters. The Morgan fingerprint density at radius 2 is 2.22 bits per heavy atom. The van der Waals surface area contributed by atoms with Crippen LogP contribution < -0.4 is 5.73 Å². The van der Waals surface area contributed by atoms with Crippen molar-refractivity contribution < 1.29 is 9.13 Å². The van der Waals surface area contributed by atoms with Gasteiger partial charge in [-0.2, -0.15) is 0 Å². The lowest BCUT2D eigenvalue weighted by atomic mass is 9.83. The predicted octanol–water partition coefficient (Wildman–Crippen LogP) is 3.03. The summed E-state index contributed by atoms with van der Waals surface area (Å²) in [6.07, 6.45) is 4.11. The van der Waals surface area contributed by atoms with Crippen LogP contribution in [0.1, 0.15) is 24.8 Å². The van der Waals surface area contributed by atoms with E-state index in [2.05, 4.69) is 15.9 Å². The fourth-order valence-electron chi connectivity index (χ4n) is 2.91. The Hall–Kier alpha value is -0.450. The summed E-state index contributed by atoms with van der Waals surface area (Å²) in [5, 5.41) is 0. The predicted molar refractivity (Wildman–Crippen MR) is 71.8 cm³/mol. The molecule has 0 bridgehead atoms. The highest BCUT2D eigenvalue weighted by atomic mass is 79.9. The molecule has 0 amide bonds. The van der Waals surface area contributed by atoms with E-state index in [1.165, 1.54) is 18.9 Å². The van der Waals surface area contributed by atoms with E-state index in [-0.39, 0.29) is 17.5 Å². The largest absolute Gasteiger partial charge is 0.376 e. The number of halogens is 2. The number of rotatable bonds is 3. The van der Waals surface area contributed by atoms with E-state index in [0.717, 1.165) is 23.1 Å². The molecule has 1 heterocycles. The fourth-order valence-corrected chi connectivity index (χ4v) is 3.30. The van der Waals surface area contributed by atoms with Gasteiger partial charge in [0.15, 0.2) is 0 Å². The van der Waals surface area contributed by atoms with Gasteiger partial charge in [0.1, 0.15) is 5.82 Å². The smallest absolute Gasteiger partial charge is 0.123 e. The number of benzene rings is 1. The van der Waals surface area contributed by atoms with Crippen molar-refractivity contribution in [3.05, 3.63) is 34.1 Å². The third-order valence-electron chi connectivity index (χ3n) is 4.01. The van der Waals surface area contributed by atoms with Crippen molar-refractivity contribution in [3.63, 3.8) is 0 Å². The molecule has 1 saturated heterocycles. The normalized spacial score (nSPS) is 31.8. The second-order valence-corrected chi connectivity index (χ2v) is 6.38. The van der Waals surface area contributed by atoms with E-state index in [0.29, 0.717) is 12.3 Å². The Kier molecular flexibility index (Phi) is 3.20. The summed E-state index contributed by atoms with van der Waals surface area (Å²) >= 11 is 3.47. The maximum atomic E-state index is 13.3. The summed E-state index contributed by atoms with van der Waals surface area (Å²) in [4.78, 5) is 0. The van der Waals surface area contributed by atoms with Gasteiger partial charge >= 0.3 is 0 Å². The molecule has 1 aromatic rings. The van der Waals surface area contributed by atoms with Crippen LogP contribution in [0.15, 0.2) is 22.7 Å². The molecule has 2 N–H and O–H groups in total. The van der Waals surface area contributed by atoms with Crippen LogP contribution in [0, 0.1) is 11.7 Å². The van der Waals surface area contributed by atoms with E-state index in [9.17, 15) is 4.39 Å². The SMILES string of the molecule is NC1(Cc2cc(F)ccc2Br)CCOC1C1CC1. The van der Waals surface area contributed by atoms with Crippen LogP contribution in [0.3, 0.4) is 0 Å². The topological polar surface area (TPSA) is 35.2 Å². The first-order valence-corrected chi connectivity index (χ1v) is 7.22. The third-order valence-corrected chi connectivity index (χ3v) is 4.78. The maximum Gasteiger partial charge on any atom is 0.123 e. The number of hydrogen-bond acceptors (Lipinski definition) is 2. The first-order valence-electron chi connectivity index (χ1n) is 6.43. The van der Waals surface area contributed by atoms with Gasteiger partial charge in [0, 0.05) is 16.6 Å². The van der Waals surface area contributed by atoms with Crippen LogP contribution in [0.5, 0.6) is 0 Å². The van der Waals surface area contributed by atoms with Gasteiger partial charge in [-0.05, 0) is 55.4 Å². The van der Waals surface area contributed by atoms with Crippen molar-refractivity contribution in [1.29, 1.82) is 0 Å². The molecule has 1 aliphatic heterocycles. The van der Waals surface area contributed by atoms with Gasteiger partial charge in [0.05, 0.1) is 6.10 Å². The molecule has 0 radical (unpaired) electrons. The van der Waals surface area contributed by atoms with Crippen LogP contribution in [0.25, 0.3) is 0 Å². The standard InChI is InChI=1S/C14H17BrFNO/c15-12-4-3-11(16)7-10(12)8-14(17)5-6-18-13(14)9-1-2-9/h3-4,7,9,13H,1-2,5-6,8,17H2. The van der Waals surface area contributed by atoms with Gasteiger partial charge in [-0.1, -0.05) is 15.9 Å². The highest BCUT2D eigenvalue weighted by Crippen LogP contribution is 2.43. The Bertz CT molecular complexity index is 463. The molecule has 0 aromatic heterocycles.